The van der Waals surface area contributed by atoms with Gasteiger partial charge in [0.1, 0.15) is 5.75 Å². The summed E-state index contributed by atoms with van der Waals surface area (Å²) in [5.41, 5.74) is -0.306. The number of anilines is 1. The lowest BCUT2D eigenvalue weighted by Gasteiger charge is -2.18. The highest BCUT2D eigenvalue weighted by Gasteiger charge is 2.47. The van der Waals surface area contributed by atoms with Crippen LogP contribution in [0.4, 0.5) is 10.1 Å². The number of ether oxygens (including phenoxy) is 1. The zero-order valence-electron chi connectivity index (χ0n) is 11.0. The van der Waals surface area contributed by atoms with Crippen molar-refractivity contribution < 1.29 is 13.9 Å². The maximum atomic E-state index is 15.1. The first-order chi connectivity index (χ1) is 9.63. The summed E-state index contributed by atoms with van der Waals surface area (Å²) in [4.78, 5) is 12.0. The quantitative estimate of drug-likeness (QED) is 0.931. The van der Waals surface area contributed by atoms with E-state index < -0.39 is 11.6 Å². The summed E-state index contributed by atoms with van der Waals surface area (Å²) in [5.74, 6) is 0.104. The average molecular weight is 271 g/mol. The van der Waals surface area contributed by atoms with Gasteiger partial charge in [-0.05, 0) is 23.8 Å². The Labute approximate surface area is 116 Å². The van der Waals surface area contributed by atoms with Crippen molar-refractivity contribution in [2.24, 2.45) is 0 Å². The Morgan fingerprint density at radius 2 is 1.85 bits per heavy atom. The Bertz CT molecular complexity index is 654. The van der Waals surface area contributed by atoms with E-state index in [4.69, 9.17) is 4.74 Å². The number of hydrogen-bond acceptors (Lipinski definition) is 2. The van der Waals surface area contributed by atoms with Crippen LogP contribution in [0, 0.1) is 0 Å². The summed E-state index contributed by atoms with van der Waals surface area (Å²) in [7, 11) is 1.58. The summed E-state index contributed by atoms with van der Waals surface area (Å²) in [5, 5.41) is 2.59. The Morgan fingerprint density at radius 3 is 2.55 bits per heavy atom. The molecule has 1 amide bonds. The Morgan fingerprint density at radius 1 is 1.15 bits per heavy atom. The number of hydrogen-bond donors (Lipinski definition) is 1. The van der Waals surface area contributed by atoms with Crippen LogP contribution in [0.2, 0.25) is 0 Å². The van der Waals surface area contributed by atoms with E-state index in [2.05, 4.69) is 5.32 Å². The van der Waals surface area contributed by atoms with Crippen molar-refractivity contribution in [2.75, 3.05) is 12.4 Å². The van der Waals surface area contributed by atoms with Crippen molar-refractivity contribution in [3.63, 3.8) is 0 Å². The smallest absolute Gasteiger partial charge is 0.267 e. The minimum Gasteiger partial charge on any atom is -0.497 e. The van der Waals surface area contributed by atoms with Gasteiger partial charge in [0.05, 0.1) is 7.11 Å². The Kier molecular flexibility index (Phi) is 2.93. The summed E-state index contributed by atoms with van der Waals surface area (Å²) >= 11 is 0. The number of methoxy groups -OCH3 is 1. The number of amides is 1. The van der Waals surface area contributed by atoms with E-state index in [0.717, 1.165) is 5.56 Å². The van der Waals surface area contributed by atoms with Crippen molar-refractivity contribution >= 4 is 11.6 Å². The lowest BCUT2D eigenvalue weighted by molar-refractivity contribution is -0.126. The first kappa shape index (κ1) is 12.7. The van der Waals surface area contributed by atoms with Crippen LogP contribution < -0.4 is 10.1 Å². The Hall–Kier alpha value is -2.36. The zero-order valence-corrected chi connectivity index (χ0v) is 11.0. The van der Waals surface area contributed by atoms with E-state index in [9.17, 15) is 4.79 Å². The highest BCUT2D eigenvalue weighted by atomic mass is 19.1. The third-order valence-corrected chi connectivity index (χ3v) is 3.57. The predicted molar refractivity (Wildman–Crippen MR) is 74.6 cm³/mol. The topological polar surface area (TPSA) is 38.3 Å². The number of benzene rings is 2. The molecular formula is C16H14FNO2. The van der Waals surface area contributed by atoms with Crippen molar-refractivity contribution in [1.82, 2.24) is 0 Å². The van der Waals surface area contributed by atoms with Crippen LogP contribution in [0.1, 0.15) is 11.1 Å². The predicted octanol–water partition coefficient (Wildman–Crippen LogP) is 3.05. The largest absolute Gasteiger partial charge is 0.497 e. The monoisotopic (exact) mass is 271 g/mol. The van der Waals surface area contributed by atoms with Crippen LogP contribution in [-0.2, 0) is 16.9 Å². The molecule has 0 saturated heterocycles. The number of carbonyl (C=O) groups excluding carboxylic acids is 1. The summed E-state index contributed by atoms with van der Waals surface area (Å²) in [6, 6.07) is 13.9. The second kappa shape index (κ2) is 4.63. The van der Waals surface area contributed by atoms with Gasteiger partial charge in [0.25, 0.3) is 5.91 Å². The van der Waals surface area contributed by atoms with Crippen LogP contribution in [0.3, 0.4) is 0 Å². The Balaban J connectivity index is 1.94. The van der Waals surface area contributed by atoms with E-state index in [0.29, 0.717) is 17.0 Å². The van der Waals surface area contributed by atoms with Crippen molar-refractivity contribution in [2.45, 2.75) is 12.1 Å². The van der Waals surface area contributed by atoms with Gasteiger partial charge in [-0.15, -0.1) is 0 Å². The van der Waals surface area contributed by atoms with E-state index >= 15 is 4.39 Å². The molecule has 0 radical (unpaired) electrons. The van der Waals surface area contributed by atoms with E-state index in [1.165, 1.54) is 0 Å². The lowest BCUT2D eigenvalue weighted by Crippen LogP contribution is -2.31. The number of alkyl halides is 1. The molecule has 0 saturated carbocycles. The molecule has 2 aromatic carbocycles. The minimum atomic E-state index is -2.01. The molecule has 0 spiro atoms. The normalized spacial score (nSPS) is 20.4. The number of para-hydroxylation sites is 1. The molecule has 4 heteroatoms. The van der Waals surface area contributed by atoms with Gasteiger partial charge in [-0.25, -0.2) is 4.39 Å². The fourth-order valence-electron chi connectivity index (χ4n) is 2.48. The molecule has 2 aromatic rings. The molecule has 1 heterocycles. The average Bonchev–Trinajstić information content (AvgIpc) is 2.72. The van der Waals surface area contributed by atoms with E-state index in [1.54, 1.807) is 55.6 Å². The summed E-state index contributed by atoms with van der Waals surface area (Å²) in [6.07, 6.45) is 0.0137. The van der Waals surface area contributed by atoms with Gasteiger partial charge in [0, 0.05) is 17.7 Å². The van der Waals surface area contributed by atoms with Crippen molar-refractivity contribution in [1.29, 1.82) is 0 Å². The van der Waals surface area contributed by atoms with Crippen LogP contribution in [0.5, 0.6) is 5.75 Å². The van der Waals surface area contributed by atoms with Crippen molar-refractivity contribution in [3.8, 4) is 5.75 Å². The molecule has 0 aliphatic carbocycles. The molecule has 0 fully saturated rings. The van der Waals surface area contributed by atoms with Gasteiger partial charge >= 0.3 is 0 Å². The number of halogens is 1. The molecule has 3 nitrogen and oxygen atoms in total. The summed E-state index contributed by atoms with van der Waals surface area (Å²) < 4.78 is 20.2. The molecule has 102 valence electrons. The van der Waals surface area contributed by atoms with Crippen LogP contribution in [0.15, 0.2) is 48.5 Å². The van der Waals surface area contributed by atoms with Gasteiger partial charge in [0.15, 0.2) is 0 Å². The fraction of sp³-hybridized carbons (Fsp3) is 0.188. The molecule has 0 bridgehead atoms. The SMILES string of the molecule is COc1ccc(C[C@]2(F)C(=O)Nc3ccccc32)cc1. The van der Waals surface area contributed by atoms with Crippen LogP contribution in [0.25, 0.3) is 0 Å². The third kappa shape index (κ3) is 1.93. The molecule has 0 aromatic heterocycles. The van der Waals surface area contributed by atoms with E-state index in [1.807, 2.05) is 0 Å². The maximum absolute atomic E-state index is 15.1. The molecule has 1 atom stereocenters. The first-order valence-electron chi connectivity index (χ1n) is 6.36. The third-order valence-electron chi connectivity index (χ3n) is 3.57. The minimum absolute atomic E-state index is 0.0137. The number of carbonyl (C=O) groups is 1. The number of fused-ring (bicyclic) bond motifs is 1. The molecule has 0 unspecified atom stereocenters. The standard InChI is InChI=1S/C16H14FNO2/c1-20-12-8-6-11(7-9-12)10-16(17)13-4-2-3-5-14(13)18-15(16)19/h2-9H,10H2,1H3,(H,18,19)/t16-/m1/s1. The number of rotatable bonds is 3. The highest BCUT2D eigenvalue weighted by Crippen LogP contribution is 2.41. The molecule has 1 N–H and O–H groups in total. The lowest BCUT2D eigenvalue weighted by atomic mass is 9.90. The van der Waals surface area contributed by atoms with Crippen LogP contribution in [-0.4, -0.2) is 13.0 Å². The molecule has 20 heavy (non-hydrogen) atoms. The molecule has 3 rings (SSSR count). The zero-order chi connectivity index (χ0) is 14.2. The van der Waals surface area contributed by atoms with E-state index in [-0.39, 0.29) is 6.42 Å². The molecule has 1 aliphatic heterocycles. The maximum Gasteiger partial charge on any atom is 0.267 e. The van der Waals surface area contributed by atoms with Gasteiger partial charge in [-0.2, -0.15) is 0 Å². The van der Waals surface area contributed by atoms with Gasteiger partial charge in [-0.3, -0.25) is 4.79 Å². The number of nitrogens with one attached hydrogen (secondary N) is 1. The molecule has 1 aliphatic rings. The second-order valence-electron chi connectivity index (χ2n) is 4.83. The second-order valence-corrected chi connectivity index (χ2v) is 4.83. The fourth-order valence-corrected chi connectivity index (χ4v) is 2.48. The van der Waals surface area contributed by atoms with Gasteiger partial charge < -0.3 is 10.1 Å². The first-order valence-corrected chi connectivity index (χ1v) is 6.36. The van der Waals surface area contributed by atoms with Gasteiger partial charge in [-0.1, -0.05) is 30.3 Å². The summed E-state index contributed by atoms with van der Waals surface area (Å²) in [6.45, 7) is 0. The van der Waals surface area contributed by atoms with Crippen molar-refractivity contribution in [3.05, 3.63) is 59.7 Å². The van der Waals surface area contributed by atoms with Crippen LogP contribution >= 0.6 is 0 Å². The molecular weight excluding hydrogens is 257 g/mol. The highest BCUT2D eigenvalue weighted by molar-refractivity contribution is 6.05. The van der Waals surface area contributed by atoms with Gasteiger partial charge in [0.2, 0.25) is 5.67 Å².